The minimum absolute atomic E-state index is 0.0949. The molecule has 2 aromatic rings. The number of rotatable bonds is 7. The van der Waals surface area contributed by atoms with Crippen molar-refractivity contribution >= 4 is 0 Å². The van der Waals surface area contributed by atoms with Crippen LogP contribution in [0, 0.1) is 13.8 Å². The fourth-order valence-electron chi connectivity index (χ4n) is 3.09. The maximum atomic E-state index is 10.3. The third kappa shape index (κ3) is 5.29. The van der Waals surface area contributed by atoms with Crippen molar-refractivity contribution in [2.75, 3.05) is 32.8 Å². The van der Waals surface area contributed by atoms with E-state index in [2.05, 4.69) is 10.00 Å². The highest BCUT2D eigenvalue weighted by Crippen LogP contribution is 2.16. The predicted molar refractivity (Wildman–Crippen MR) is 95.8 cm³/mol. The molecule has 6 heteroatoms. The summed E-state index contributed by atoms with van der Waals surface area (Å²) in [7, 11) is 0. The van der Waals surface area contributed by atoms with Crippen molar-refractivity contribution in [2.24, 2.45) is 0 Å². The molecule has 1 aromatic heterocycles. The van der Waals surface area contributed by atoms with Gasteiger partial charge in [-0.05, 0) is 31.0 Å². The summed E-state index contributed by atoms with van der Waals surface area (Å²) in [6.07, 6.45) is 3.45. The molecule has 0 spiro atoms. The molecule has 0 saturated carbocycles. The van der Waals surface area contributed by atoms with Gasteiger partial charge in [-0.2, -0.15) is 5.10 Å². The van der Waals surface area contributed by atoms with Crippen molar-refractivity contribution in [3.8, 4) is 5.75 Å². The number of hydrogen-bond donors (Lipinski definition) is 1. The van der Waals surface area contributed by atoms with Gasteiger partial charge in [0.05, 0.1) is 25.5 Å². The molecule has 1 aliphatic heterocycles. The van der Waals surface area contributed by atoms with Crippen molar-refractivity contribution < 1.29 is 14.6 Å². The Bertz CT molecular complexity index is 673. The van der Waals surface area contributed by atoms with Gasteiger partial charge in [-0.3, -0.25) is 9.58 Å². The predicted octanol–water partition coefficient (Wildman–Crippen LogP) is 1.64. The van der Waals surface area contributed by atoms with Crippen molar-refractivity contribution in [1.82, 2.24) is 14.7 Å². The van der Waals surface area contributed by atoms with Gasteiger partial charge in [0.15, 0.2) is 0 Å². The fraction of sp³-hybridized carbons (Fsp3) is 0.526. The quantitative estimate of drug-likeness (QED) is 0.827. The summed E-state index contributed by atoms with van der Waals surface area (Å²) in [5, 5.41) is 14.6. The summed E-state index contributed by atoms with van der Waals surface area (Å²) in [5.41, 5.74) is 2.23. The highest BCUT2D eigenvalue weighted by Gasteiger charge is 2.23. The number of nitrogens with zero attached hydrogens (tertiary/aromatic N) is 3. The normalized spacial score (nSPS) is 19.7. The van der Waals surface area contributed by atoms with Gasteiger partial charge < -0.3 is 14.6 Å². The molecule has 6 nitrogen and oxygen atoms in total. The zero-order valence-corrected chi connectivity index (χ0v) is 15.0. The number of hydrogen-bond acceptors (Lipinski definition) is 5. The Labute approximate surface area is 149 Å². The number of ether oxygens (including phenoxy) is 2. The molecule has 0 unspecified atom stereocenters. The van der Waals surface area contributed by atoms with E-state index in [-0.39, 0.29) is 6.10 Å². The van der Waals surface area contributed by atoms with E-state index < -0.39 is 6.10 Å². The second-order valence-electron chi connectivity index (χ2n) is 6.72. The number of para-hydroxylation sites is 1. The van der Waals surface area contributed by atoms with E-state index in [4.69, 9.17) is 9.47 Å². The summed E-state index contributed by atoms with van der Waals surface area (Å²) >= 11 is 0. The summed E-state index contributed by atoms with van der Waals surface area (Å²) < 4.78 is 13.5. The van der Waals surface area contributed by atoms with Gasteiger partial charge in [0, 0.05) is 25.8 Å². The minimum Gasteiger partial charge on any atom is -0.491 e. The van der Waals surface area contributed by atoms with Gasteiger partial charge in [0.25, 0.3) is 0 Å². The Balaban J connectivity index is 1.44. The van der Waals surface area contributed by atoms with Crippen LogP contribution in [0.5, 0.6) is 5.75 Å². The SMILES string of the molecule is Cc1cnn(C[C@H]2CN(C[C@H](O)COc3ccccc3C)CCO2)c1. The maximum Gasteiger partial charge on any atom is 0.122 e. The zero-order valence-electron chi connectivity index (χ0n) is 15.0. The Morgan fingerprint density at radius 1 is 1.36 bits per heavy atom. The fourth-order valence-corrected chi connectivity index (χ4v) is 3.09. The molecule has 1 N–H and O–H groups in total. The summed E-state index contributed by atoms with van der Waals surface area (Å²) in [6, 6.07) is 7.86. The van der Waals surface area contributed by atoms with Crippen LogP contribution in [-0.4, -0.2) is 64.8 Å². The third-order valence-electron chi connectivity index (χ3n) is 4.37. The molecule has 0 aliphatic carbocycles. The molecule has 0 amide bonds. The van der Waals surface area contributed by atoms with Crippen LogP contribution in [0.3, 0.4) is 0 Å². The lowest BCUT2D eigenvalue weighted by atomic mass is 10.2. The first-order chi connectivity index (χ1) is 12.1. The van der Waals surface area contributed by atoms with Crippen LogP contribution in [-0.2, 0) is 11.3 Å². The molecule has 1 aliphatic rings. The van der Waals surface area contributed by atoms with Gasteiger partial charge >= 0.3 is 0 Å². The molecule has 2 atom stereocenters. The summed E-state index contributed by atoms with van der Waals surface area (Å²) in [4.78, 5) is 2.23. The molecule has 25 heavy (non-hydrogen) atoms. The van der Waals surface area contributed by atoms with Crippen LogP contribution in [0.15, 0.2) is 36.7 Å². The molecule has 2 heterocycles. The first-order valence-corrected chi connectivity index (χ1v) is 8.79. The Hall–Kier alpha value is -1.89. The molecule has 1 aromatic carbocycles. The summed E-state index contributed by atoms with van der Waals surface area (Å²) in [6.45, 7) is 7.95. The van der Waals surface area contributed by atoms with E-state index in [1.165, 1.54) is 0 Å². The van der Waals surface area contributed by atoms with Crippen LogP contribution in [0.4, 0.5) is 0 Å². The third-order valence-corrected chi connectivity index (χ3v) is 4.37. The highest BCUT2D eigenvalue weighted by atomic mass is 16.5. The Morgan fingerprint density at radius 3 is 2.96 bits per heavy atom. The number of aryl methyl sites for hydroxylation is 2. The lowest BCUT2D eigenvalue weighted by Crippen LogP contribution is -2.47. The average molecular weight is 345 g/mol. The van der Waals surface area contributed by atoms with Gasteiger partial charge in [0.2, 0.25) is 0 Å². The smallest absolute Gasteiger partial charge is 0.122 e. The van der Waals surface area contributed by atoms with Gasteiger partial charge in [-0.15, -0.1) is 0 Å². The van der Waals surface area contributed by atoms with E-state index in [1.807, 2.05) is 55.2 Å². The molecular formula is C19H27N3O3. The number of aliphatic hydroxyl groups excluding tert-OH is 1. The monoisotopic (exact) mass is 345 g/mol. The molecule has 0 radical (unpaired) electrons. The van der Waals surface area contributed by atoms with Gasteiger partial charge in [0.1, 0.15) is 18.5 Å². The van der Waals surface area contributed by atoms with E-state index >= 15 is 0 Å². The lowest BCUT2D eigenvalue weighted by Gasteiger charge is -2.34. The number of β-amino-alcohol motifs (C(OH)–C–C–N with tert-alkyl or cyclic N) is 1. The van der Waals surface area contributed by atoms with E-state index in [9.17, 15) is 5.11 Å². The van der Waals surface area contributed by atoms with E-state index in [0.29, 0.717) is 19.8 Å². The van der Waals surface area contributed by atoms with Crippen LogP contribution in [0.2, 0.25) is 0 Å². The largest absolute Gasteiger partial charge is 0.491 e. The second-order valence-corrected chi connectivity index (χ2v) is 6.72. The Morgan fingerprint density at radius 2 is 2.20 bits per heavy atom. The van der Waals surface area contributed by atoms with Crippen molar-refractivity contribution in [1.29, 1.82) is 0 Å². The Kier molecular flexibility index (Phi) is 6.07. The average Bonchev–Trinajstić information content (AvgIpc) is 2.99. The van der Waals surface area contributed by atoms with Crippen LogP contribution >= 0.6 is 0 Å². The van der Waals surface area contributed by atoms with Gasteiger partial charge in [-0.1, -0.05) is 18.2 Å². The molecule has 136 valence electrons. The standard InChI is InChI=1S/C19H27N3O3/c1-15-9-20-22(10-15)13-18-12-21(7-8-24-18)11-17(23)14-25-19-6-4-3-5-16(19)2/h3-6,9-10,17-18,23H,7-8,11-14H2,1-2H3/t17-,18+/m0/s1. The van der Waals surface area contributed by atoms with Crippen LogP contribution < -0.4 is 4.74 Å². The second kappa shape index (κ2) is 8.47. The van der Waals surface area contributed by atoms with Crippen LogP contribution in [0.25, 0.3) is 0 Å². The number of aromatic nitrogens is 2. The lowest BCUT2D eigenvalue weighted by molar-refractivity contribution is -0.0517. The number of morpholine rings is 1. The first-order valence-electron chi connectivity index (χ1n) is 8.79. The topological polar surface area (TPSA) is 59.8 Å². The van der Waals surface area contributed by atoms with E-state index in [0.717, 1.165) is 36.5 Å². The minimum atomic E-state index is -0.523. The molecule has 1 saturated heterocycles. The first kappa shape index (κ1) is 17.9. The number of aliphatic hydroxyl groups is 1. The highest BCUT2D eigenvalue weighted by molar-refractivity contribution is 5.31. The maximum absolute atomic E-state index is 10.3. The summed E-state index contributed by atoms with van der Waals surface area (Å²) in [5.74, 6) is 0.829. The van der Waals surface area contributed by atoms with Crippen LogP contribution in [0.1, 0.15) is 11.1 Å². The molecule has 3 rings (SSSR count). The van der Waals surface area contributed by atoms with Crippen molar-refractivity contribution in [2.45, 2.75) is 32.6 Å². The molecule has 0 bridgehead atoms. The number of benzene rings is 1. The van der Waals surface area contributed by atoms with E-state index in [1.54, 1.807) is 0 Å². The molecule has 1 fully saturated rings. The molecular weight excluding hydrogens is 318 g/mol. The van der Waals surface area contributed by atoms with Crippen molar-refractivity contribution in [3.05, 3.63) is 47.8 Å². The van der Waals surface area contributed by atoms with Gasteiger partial charge in [-0.25, -0.2) is 0 Å². The van der Waals surface area contributed by atoms with Crippen molar-refractivity contribution in [3.63, 3.8) is 0 Å². The zero-order chi connectivity index (χ0) is 17.6.